The second-order valence-corrected chi connectivity index (χ2v) is 1.26. The van der Waals surface area contributed by atoms with Crippen molar-refractivity contribution in [2.24, 2.45) is 0 Å². The quantitative estimate of drug-likeness (QED) is 0.566. The summed E-state index contributed by atoms with van der Waals surface area (Å²) in [5.41, 5.74) is 0. The van der Waals surface area contributed by atoms with Gasteiger partial charge >= 0.3 is 0 Å². The summed E-state index contributed by atoms with van der Waals surface area (Å²) in [7, 11) is 0. The first-order valence-corrected chi connectivity index (χ1v) is 2.49. The Hall–Kier alpha value is -0.580. The summed E-state index contributed by atoms with van der Waals surface area (Å²) in [6.07, 6.45) is 0. The predicted molar refractivity (Wildman–Crippen MR) is 50.5 cm³/mol. The molecule has 1 rings (SSSR count). The van der Waals surface area contributed by atoms with Crippen molar-refractivity contribution in [2.45, 2.75) is 0 Å². The van der Waals surface area contributed by atoms with Crippen LogP contribution in [0.3, 0.4) is 0 Å². The molecular formula is C7H9IO2. The van der Waals surface area contributed by atoms with Gasteiger partial charge in [0.25, 0.3) is 6.47 Å². The third-order valence-electron chi connectivity index (χ3n) is 0.667. The van der Waals surface area contributed by atoms with Crippen LogP contribution in [0, 0.1) is 0 Å². The first-order chi connectivity index (χ1) is 4.41. The molecule has 1 N–H and O–H groups in total. The summed E-state index contributed by atoms with van der Waals surface area (Å²) >= 11 is 0. The van der Waals surface area contributed by atoms with E-state index in [1.807, 2.05) is 36.4 Å². The SMILES string of the molecule is I.O=CO.c1ccccc1. The van der Waals surface area contributed by atoms with E-state index in [1.54, 1.807) is 0 Å². The highest BCUT2D eigenvalue weighted by Crippen LogP contribution is 1.79. The van der Waals surface area contributed by atoms with E-state index >= 15 is 0 Å². The average molecular weight is 252 g/mol. The van der Waals surface area contributed by atoms with Crippen molar-refractivity contribution in [3.8, 4) is 0 Å². The lowest BCUT2D eigenvalue weighted by Crippen LogP contribution is -1.49. The Labute approximate surface area is 76.9 Å². The van der Waals surface area contributed by atoms with Gasteiger partial charge in [0.05, 0.1) is 0 Å². The maximum atomic E-state index is 8.36. The fourth-order valence-electron chi connectivity index (χ4n) is 0.385. The Kier molecular flexibility index (Phi) is 13.6. The van der Waals surface area contributed by atoms with Gasteiger partial charge in [-0.05, 0) is 0 Å². The van der Waals surface area contributed by atoms with Crippen LogP contribution in [0.4, 0.5) is 0 Å². The van der Waals surface area contributed by atoms with Crippen molar-refractivity contribution in [3.05, 3.63) is 36.4 Å². The molecule has 0 unspecified atom stereocenters. The van der Waals surface area contributed by atoms with E-state index in [0.717, 1.165) is 0 Å². The van der Waals surface area contributed by atoms with Crippen LogP contribution in [-0.4, -0.2) is 11.6 Å². The fraction of sp³-hybridized carbons (Fsp3) is 0. The molecule has 0 aliphatic carbocycles. The van der Waals surface area contributed by atoms with Gasteiger partial charge in [-0.2, -0.15) is 0 Å². The number of hydrogen-bond acceptors (Lipinski definition) is 1. The molecule has 0 aliphatic heterocycles. The normalized spacial score (nSPS) is 6.00. The Morgan fingerprint density at radius 3 is 1.10 bits per heavy atom. The standard InChI is InChI=1S/C6H6.CH2O2.HI/c1-2-4-6-5-3-1;2-1-3;/h1-6H;1H,(H,2,3);1H. The van der Waals surface area contributed by atoms with Gasteiger partial charge in [0.15, 0.2) is 0 Å². The van der Waals surface area contributed by atoms with Gasteiger partial charge in [-0.25, -0.2) is 0 Å². The van der Waals surface area contributed by atoms with E-state index in [0.29, 0.717) is 0 Å². The van der Waals surface area contributed by atoms with Crippen LogP contribution < -0.4 is 0 Å². The minimum absolute atomic E-state index is 0. The van der Waals surface area contributed by atoms with Gasteiger partial charge in [-0.3, -0.25) is 4.79 Å². The maximum absolute atomic E-state index is 8.36. The summed E-state index contributed by atoms with van der Waals surface area (Å²) in [4.78, 5) is 8.36. The monoisotopic (exact) mass is 252 g/mol. The van der Waals surface area contributed by atoms with Gasteiger partial charge in [0, 0.05) is 0 Å². The number of carbonyl (C=O) groups is 1. The number of rotatable bonds is 0. The van der Waals surface area contributed by atoms with Gasteiger partial charge < -0.3 is 5.11 Å². The highest BCUT2D eigenvalue weighted by Gasteiger charge is 1.57. The van der Waals surface area contributed by atoms with Crippen LogP contribution in [0.25, 0.3) is 0 Å². The molecule has 3 heteroatoms. The topological polar surface area (TPSA) is 37.3 Å². The number of halogens is 1. The Morgan fingerprint density at radius 1 is 0.900 bits per heavy atom. The zero-order valence-electron chi connectivity index (χ0n) is 5.31. The third-order valence-corrected chi connectivity index (χ3v) is 0.667. The van der Waals surface area contributed by atoms with Crippen molar-refractivity contribution in [3.63, 3.8) is 0 Å². The molecule has 0 bridgehead atoms. The lowest BCUT2D eigenvalue weighted by molar-refractivity contribution is -0.122. The van der Waals surface area contributed by atoms with Crippen LogP contribution in [0.5, 0.6) is 0 Å². The van der Waals surface area contributed by atoms with Crippen LogP contribution in [-0.2, 0) is 4.79 Å². The third kappa shape index (κ3) is 10.4. The molecule has 1 aromatic carbocycles. The molecule has 0 fully saturated rings. The van der Waals surface area contributed by atoms with E-state index in [1.165, 1.54) is 0 Å². The van der Waals surface area contributed by atoms with Crippen LogP contribution in [0.15, 0.2) is 36.4 Å². The van der Waals surface area contributed by atoms with Gasteiger partial charge in [-0.1, -0.05) is 36.4 Å². The highest BCUT2D eigenvalue weighted by molar-refractivity contribution is 14.0. The molecule has 56 valence electrons. The largest absolute Gasteiger partial charge is 0.483 e. The molecule has 1 aromatic rings. The van der Waals surface area contributed by atoms with Crippen molar-refractivity contribution < 1.29 is 9.90 Å². The smallest absolute Gasteiger partial charge is 0.290 e. The van der Waals surface area contributed by atoms with E-state index < -0.39 is 0 Å². The minimum atomic E-state index is -0.250. The molecule has 0 aliphatic rings. The van der Waals surface area contributed by atoms with Crippen molar-refractivity contribution in [2.75, 3.05) is 0 Å². The molecule has 0 aromatic heterocycles. The first-order valence-electron chi connectivity index (χ1n) is 2.49. The number of benzene rings is 1. The van der Waals surface area contributed by atoms with Crippen LogP contribution >= 0.6 is 24.0 Å². The summed E-state index contributed by atoms with van der Waals surface area (Å²) in [6, 6.07) is 12.0. The lowest BCUT2D eigenvalue weighted by atomic mass is 10.4. The molecule has 0 spiro atoms. The zero-order valence-corrected chi connectivity index (χ0v) is 7.64. The van der Waals surface area contributed by atoms with E-state index in [2.05, 4.69) is 0 Å². The zero-order chi connectivity index (χ0) is 6.95. The predicted octanol–water partition coefficient (Wildman–Crippen LogP) is 2.01. The van der Waals surface area contributed by atoms with E-state index in [-0.39, 0.29) is 30.4 Å². The van der Waals surface area contributed by atoms with Crippen LogP contribution in [0.1, 0.15) is 0 Å². The van der Waals surface area contributed by atoms with Crippen molar-refractivity contribution in [1.29, 1.82) is 0 Å². The summed E-state index contributed by atoms with van der Waals surface area (Å²) in [5.74, 6) is 0. The Bertz CT molecular complexity index is 115. The summed E-state index contributed by atoms with van der Waals surface area (Å²) in [5, 5.41) is 6.89. The Morgan fingerprint density at radius 2 is 1.00 bits per heavy atom. The molecule has 0 amide bonds. The molecule has 0 radical (unpaired) electrons. The molecular weight excluding hydrogens is 243 g/mol. The lowest BCUT2D eigenvalue weighted by Gasteiger charge is -1.69. The Balaban J connectivity index is 0. The summed E-state index contributed by atoms with van der Waals surface area (Å²) < 4.78 is 0. The second-order valence-electron chi connectivity index (χ2n) is 1.26. The van der Waals surface area contributed by atoms with Crippen molar-refractivity contribution in [1.82, 2.24) is 0 Å². The molecule has 0 saturated heterocycles. The first kappa shape index (κ1) is 12.1. The summed E-state index contributed by atoms with van der Waals surface area (Å²) in [6.45, 7) is -0.250. The molecule has 10 heavy (non-hydrogen) atoms. The van der Waals surface area contributed by atoms with Gasteiger partial charge in [-0.15, -0.1) is 24.0 Å². The minimum Gasteiger partial charge on any atom is -0.483 e. The fourth-order valence-corrected chi connectivity index (χ4v) is 0.385. The number of hydrogen-bond donors (Lipinski definition) is 1. The molecule has 2 nitrogen and oxygen atoms in total. The highest BCUT2D eigenvalue weighted by atomic mass is 127. The average Bonchev–Trinajstić information content (AvgIpc) is 1.93. The molecule has 0 atom stereocenters. The van der Waals surface area contributed by atoms with Crippen molar-refractivity contribution >= 4 is 30.4 Å². The maximum Gasteiger partial charge on any atom is 0.290 e. The molecule has 0 heterocycles. The van der Waals surface area contributed by atoms with E-state index in [9.17, 15) is 0 Å². The van der Waals surface area contributed by atoms with Crippen LogP contribution in [0.2, 0.25) is 0 Å². The second kappa shape index (κ2) is 11.2. The number of carboxylic acid groups (broad SMARTS) is 1. The van der Waals surface area contributed by atoms with Gasteiger partial charge in [0.1, 0.15) is 0 Å². The molecule has 0 saturated carbocycles. The van der Waals surface area contributed by atoms with E-state index in [4.69, 9.17) is 9.90 Å². The van der Waals surface area contributed by atoms with Gasteiger partial charge in [0.2, 0.25) is 0 Å².